The second-order valence-corrected chi connectivity index (χ2v) is 7.83. The van der Waals surface area contributed by atoms with E-state index in [2.05, 4.69) is 15.9 Å². The molecule has 0 spiro atoms. The van der Waals surface area contributed by atoms with Crippen LogP contribution in [0.2, 0.25) is 0 Å². The number of rotatable bonds is 7. The number of hydrogen-bond donors (Lipinski definition) is 0. The number of benzene rings is 1. The molecule has 28 heavy (non-hydrogen) atoms. The Kier molecular flexibility index (Phi) is 6.52. The normalized spacial score (nSPS) is 17.6. The smallest absolute Gasteiger partial charge is 0.275 e. The van der Waals surface area contributed by atoms with Crippen LogP contribution in [-0.4, -0.2) is 24.1 Å². The van der Waals surface area contributed by atoms with Crippen LogP contribution in [0, 0.1) is 32.8 Å². The maximum atomic E-state index is 13.3. The van der Waals surface area contributed by atoms with Crippen molar-refractivity contribution in [3.63, 3.8) is 0 Å². The predicted octanol–water partition coefficient (Wildman–Crippen LogP) is 4.17. The zero-order valence-corrected chi connectivity index (χ0v) is 17.2. The van der Waals surface area contributed by atoms with Gasteiger partial charge in [0.25, 0.3) is 5.69 Å². The minimum Gasteiger partial charge on any atom is -0.496 e. The number of hydrogen-bond acceptors (Lipinski definition) is 6. The summed E-state index contributed by atoms with van der Waals surface area (Å²) >= 11 is 3.41. The van der Waals surface area contributed by atoms with Crippen molar-refractivity contribution in [3.05, 3.63) is 61.8 Å². The lowest BCUT2D eigenvalue weighted by Crippen LogP contribution is -2.37. The molecule has 0 saturated carbocycles. The summed E-state index contributed by atoms with van der Waals surface area (Å²) in [4.78, 5) is 35.8. The van der Waals surface area contributed by atoms with E-state index in [4.69, 9.17) is 10.00 Å². The number of aldehydes is 1. The van der Waals surface area contributed by atoms with E-state index in [-0.39, 0.29) is 17.0 Å². The maximum absolute atomic E-state index is 13.3. The number of nitro groups is 1. The van der Waals surface area contributed by atoms with Crippen LogP contribution < -0.4 is 0 Å². The van der Waals surface area contributed by atoms with Crippen molar-refractivity contribution in [2.75, 3.05) is 7.11 Å². The summed E-state index contributed by atoms with van der Waals surface area (Å²) in [5, 5.41) is 20.4. The number of halogens is 1. The van der Waals surface area contributed by atoms with Crippen molar-refractivity contribution >= 4 is 33.7 Å². The summed E-state index contributed by atoms with van der Waals surface area (Å²) in [5.74, 6) is -1.29. The van der Waals surface area contributed by atoms with Gasteiger partial charge in [-0.3, -0.25) is 14.9 Å². The lowest BCUT2D eigenvalue weighted by Gasteiger charge is -2.34. The number of carbonyl (C=O) groups is 2. The van der Waals surface area contributed by atoms with Gasteiger partial charge in [-0.25, -0.2) is 0 Å². The van der Waals surface area contributed by atoms with E-state index >= 15 is 0 Å². The highest BCUT2D eigenvalue weighted by molar-refractivity contribution is 9.11. The van der Waals surface area contributed by atoms with Gasteiger partial charge in [-0.05, 0) is 46.5 Å². The van der Waals surface area contributed by atoms with Crippen molar-refractivity contribution in [2.45, 2.75) is 26.2 Å². The molecule has 146 valence electrons. The third-order valence-electron chi connectivity index (χ3n) is 5.03. The van der Waals surface area contributed by atoms with Gasteiger partial charge in [0, 0.05) is 17.0 Å². The second kappa shape index (κ2) is 8.48. The van der Waals surface area contributed by atoms with Crippen molar-refractivity contribution in [3.8, 4) is 6.07 Å². The molecule has 0 saturated heterocycles. The fraction of sp³-hybridized carbons (Fsp3) is 0.350. The molecule has 0 amide bonds. The molecule has 2 unspecified atom stereocenters. The van der Waals surface area contributed by atoms with E-state index in [1.165, 1.54) is 12.1 Å². The Bertz CT molecular complexity index is 927. The molecule has 8 heteroatoms. The van der Waals surface area contributed by atoms with Crippen LogP contribution in [0.1, 0.15) is 37.3 Å². The van der Waals surface area contributed by atoms with Crippen molar-refractivity contribution in [1.29, 1.82) is 5.26 Å². The Morgan fingerprint density at radius 3 is 2.68 bits per heavy atom. The van der Waals surface area contributed by atoms with Crippen LogP contribution in [0.5, 0.6) is 0 Å². The Hall–Kier alpha value is -2.79. The van der Waals surface area contributed by atoms with Crippen LogP contribution in [0.4, 0.5) is 5.69 Å². The topological polar surface area (TPSA) is 110 Å². The molecule has 0 bridgehead atoms. The average Bonchev–Trinajstić information content (AvgIpc) is 2.68. The van der Waals surface area contributed by atoms with Gasteiger partial charge in [0.05, 0.1) is 28.1 Å². The number of ether oxygens (including phenoxy) is 1. The summed E-state index contributed by atoms with van der Waals surface area (Å²) in [7, 11) is 1.55. The maximum Gasteiger partial charge on any atom is 0.275 e. The number of carbonyl (C=O) groups excluding carboxylic acids is 2. The predicted molar refractivity (Wildman–Crippen MR) is 106 cm³/mol. The van der Waals surface area contributed by atoms with Crippen LogP contribution in [-0.2, 0) is 14.3 Å². The molecule has 1 aromatic rings. The van der Waals surface area contributed by atoms with Crippen molar-refractivity contribution in [1.82, 2.24) is 0 Å². The molecular weight excluding hydrogens is 428 g/mol. The molecule has 0 fully saturated rings. The Morgan fingerprint density at radius 2 is 2.18 bits per heavy atom. The van der Waals surface area contributed by atoms with E-state index in [0.717, 1.165) is 6.07 Å². The van der Waals surface area contributed by atoms with Crippen LogP contribution in [0.25, 0.3) is 0 Å². The highest BCUT2D eigenvalue weighted by Crippen LogP contribution is 2.42. The van der Waals surface area contributed by atoms with E-state index in [9.17, 15) is 19.7 Å². The van der Waals surface area contributed by atoms with Gasteiger partial charge in [0.2, 0.25) is 0 Å². The SMILES string of the molecule is COC1=CCC(C(C)(C)C(=O)C(C=O)c2ccc(C#N)cc2[N+](=O)[O-])C=C1Br. The van der Waals surface area contributed by atoms with Gasteiger partial charge in [-0.1, -0.05) is 19.9 Å². The summed E-state index contributed by atoms with van der Waals surface area (Å²) < 4.78 is 5.94. The average molecular weight is 447 g/mol. The van der Waals surface area contributed by atoms with E-state index in [1.807, 2.05) is 18.2 Å². The Morgan fingerprint density at radius 1 is 1.50 bits per heavy atom. The lowest BCUT2D eigenvalue weighted by atomic mass is 9.68. The molecule has 1 aromatic carbocycles. The molecule has 1 aliphatic carbocycles. The summed E-state index contributed by atoms with van der Waals surface area (Å²) in [5.41, 5.74) is -1.31. The molecule has 0 radical (unpaired) electrons. The van der Waals surface area contributed by atoms with E-state index < -0.39 is 27.7 Å². The standard InChI is InChI=1S/C20H19BrN2O5/c1-20(2,13-5-7-18(28-3)16(21)9-13)19(25)15(11-24)14-6-4-12(10-22)8-17(14)23(26)27/h4,6-9,11,13,15H,5H2,1-3H3. The first-order valence-electron chi connectivity index (χ1n) is 8.47. The fourth-order valence-corrected chi connectivity index (χ4v) is 3.88. The number of allylic oxidation sites excluding steroid dienone is 3. The third kappa shape index (κ3) is 4.04. The number of nitrogens with zero attached hydrogens (tertiary/aromatic N) is 2. The molecule has 7 nitrogen and oxygen atoms in total. The molecule has 0 heterocycles. The molecular formula is C20H19BrN2O5. The number of Topliss-reactive ketones (excluding diaryl/α,β-unsaturated/α-hetero) is 1. The summed E-state index contributed by atoms with van der Waals surface area (Å²) in [6, 6.07) is 5.57. The number of nitriles is 1. The van der Waals surface area contributed by atoms with Gasteiger partial charge in [0.1, 0.15) is 18.0 Å². The zero-order chi connectivity index (χ0) is 21.1. The van der Waals surface area contributed by atoms with Gasteiger partial charge >= 0.3 is 0 Å². The van der Waals surface area contributed by atoms with Gasteiger partial charge in [-0.15, -0.1) is 0 Å². The number of nitro benzene ring substituents is 1. The minimum atomic E-state index is -1.30. The van der Waals surface area contributed by atoms with Gasteiger partial charge in [0.15, 0.2) is 5.78 Å². The first kappa shape index (κ1) is 21.5. The monoisotopic (exact) mass is 446 g/mol. The van der Waals surface area contributed by atoms with Crippen molar-refractivity contribution < 1.29 is 19.2 Å². The van der Waals surface area contributed by atoms with E-state index in [0.29, 0.717) is 22.9 Å². The van der Waals surface area contributed by atoms with Crippen LogP contribution >= 0.6 is 15.9 Å². The van der Waals surface area contributed by atoms with Gasteiger partial charge < -0.3 is 9.53 Å². The van der Waals surface area contributed by atoms with Crippen LogP contribution in [0.3, 0.4) is 0 Å². The van der Waals surface area contributed by atoms with Crippen molar-refractivity contribution in [2.24, 2.45) is 11.3 Å². The highest BCUT2D eigenvalue weighted by Gasteiger charge is 2.42. The first-order valence-corrected chi connectivity index (χ1v) is 9.26. The quantitative estimate of drug-likeness (QED) is 0.269. The highest BCUT2D eigenvalue weighted by atomic mass is 79.9. The molecule has 1 aliphatic rings. The van der Waals surface area contributed by atoms with Crippen LogP contribution in [0.15, 0.2) is 40.6 Å². The minimum absolute atomic E-state index is 0.0101. The molecule has 0 N–H and O–H groups in total. The van der Waals surface area contributed by atoms with Gasteiger partial charge in [-0.2, -0.15) is 5.26 Å². The zero-order valence-electron chi connectivity index (χ0n) is 15.6. The molecule has 2 rings (SSSR count). The Labute approximate surface area is 171 Å². The Balaban J connectivity index is 2.44. The second-order valence-electron chi connectivity index (χ2n) is 6.97. The molecule has 0 aromatic heterocycles. The number of ketones is 1. The molecule has 2 atom stereocenters. The lowest BCUT2D eigenvalue weighted by molar-refractivity contribution is -0.385. The number of methoxy groups -OCH3 is 1. The molecule has 0 aliphatic heterocycles. The first-order chi connectivity index (χ1) is 13.2. The largest absolute Gasteiger partial charge is 0.496 e. The fourth-order valence-electron chi connectivity index (χ4n) is 3.24. The summed E-state index contributed by atoms with van der Waals surface area (Å²) in [6.07, 6.45) is 4.66. The third-order valence-corrected chi connectivity index (χ3v) is 5.69. The van der Waals surface area contributed by atoms with E-state index in [1.54, 1.807) is 21.0 Å². The summed E-state index contributed by atoms with van der Waals surface area (Å²) in [6.45, 7) is 3.43.